The van der Waals surface area contributed by atoms with Crippen LogP contribution in [0, 0.1) is 11.8 Å². The van der Waals surface area contributed by atoms with Crippen LogP contribution in [0.15, 0.2) is 36.7 Å². The number of pyridine rings is 1. The first-order valence-corrected chi connectivity index (χ1v) is 10.9. The normalized spacial score (nSPS) is 29.4. The second-order valence-corrected chi connectivity index (χ2v) is 8.43. The highest BCUT2D eigenvalue weighted by atomic mass is 16.5. The van der Waals surface area contributed by atoms with Gasteiger partial charge in [0.1, 0.15) is 0 Å². The van der Waals surface area contributed by atoms with Gasteiger partial charge in [0.25, 0.3) is 6.47 Å². The Morgan fingerprint density at radius 1 is 1.43 bits per heavy atom. The van der Waals surface area contributed by atoms with Crippen LogP contribution in [0.4, 0.5) is 0 Å². The lowest BCUT2D eigenvalue weighted by Gasteiger charge is -2.29. The molecule has 1 spiro atoms. The number of rotatable bonds is 8. The molecule has 1 aromatic heterocycles. The number of nitrogens with zero attached hydrogens (tertiary/aromatic N) is 2. The van der Waals surface area contributed by atoms with Gasteiger partial charge >= 0.3 is 0 Å². The monoisotopic (exact) mass is 415 g/mol. The first-order chi connectivity index (χ1) is 14.6. The SMILES string of the molecule is C/C=C/CCCC(=O)NC[C@H]1[C@H]2CN(Cc3ccncc3)C[C@]23CC[C@H]1O3.O=CO. The maximum absolute atomic E-state index is 12.2. The maximum atomic E-state index is 12.2. The molecular weight excluding hydrogens is 382 g/mol. The van der Waals surface area contributed by atoms with E-state index in [4.69, 9.17) is 14.6 Å². The molecule has 0 radical (unpaired) electrons. The molecule has 0 saturated carbocycles. The molecule has 2 bridgehead atoms. The summed E-state index contributed by atoms with van der Waals surface area (Å²) >= 11 is 0. The summed E-state index contributed by atoms with van der Waals surface area (Å²) in [6, 6.07) is 4.19. The quantitative estimate of drug-likeness (QED) is 0.385. The number of hydrogen-bond donors (Lipinski definition) is 2. The number of carbonyl (C=O) groups excluding carboxylic acids is 1. The van der Waals surface area contributed by atoms with E-state index in [1.807, 2.05) is 25.4 Å². The Hall–Kier alpha value is -2.25. The predicted molar refractivity (Wildman–Crippen MR) is 114 cm³/mol. The van der Waals surface area contributed by atoms with Crippen LogP contribution in [-0.2, 0) is 20.9 Å². The van der Waals surface area contributed by atoms with Crippen LogP contribution in [0.3, 0.4) is 0 Å². The van der Waals surface area contributed by atoms with E-state index in [1.165, 1.54) is 12.0 Å². The van der Waals surface area contributed by atoms with E-state index in [-0.39, 0.29) is 18.0 Å². The van der Waals surface area contributed by atoms with Gasteiger partial charge in [-0.1, -0.05) is 12.2 Å². The molecule has 0 unspecified atom stereocenters. The molecule has 7 heteroatoms. The minimum Gasteiger partial charge on any atom is -0.483 e. The highest BCUT2D eigenvalue weighted by Gasteiger charge is 2.62. The zero-order valence-corrected chi connectivity index (χ0v) is 17.7. The standard InChI is InChI=1S/C22H31N3O2.CH2O2/c1-2-3-4-5-6-21(26)24-13-18-19-15-25(14-17-8-11-23-12-9-17)16-22(19)10-7-20(18)27-22;2-1-3/h2-3,8-9,11-12,18-20H,4-7,10,13-16H2,1H3,(H,24,26);1H,(H,2,3)/b3-2+;/t18-,19+,20+,22+;/m0./s1. The van der Waals surface area contributed by atoms with E-state index >= 15 is 0 Å². The Morgan fingerprint density at radius 3 is 2.93 bits per heavy atom. The molecule has 164 valence electrons. The molecule has 1 aromatic rings. The van der Waals surface area contributed by atoms with Gasteiger partial charge in [0, 0.05) is 56.8 Å². The molecule has 2 N–H and O–H groups in total. The van der Waals surface area contributed by atoms with E-state index in [0.717, 1.165) is 45.4 Å². The summed E-state index contributed by atoms with van der Waals surface area (Å²) < 4.78 is 6.50. The smallest absolute Gasteiger partial charge is 0.290 e. The fourth-order valence-corrected chi connectivity index (χ4v) is 5.29. The Kier molecular flexibility index (Phi) is 7.99. The molecule has 0 aliphatic carbocycles. The number of ether oxygens (including phenoxy) is 1. The lowest BCUT2D eigenvalue weighted by atomic mass is 9.73. The summed E-state index contributed by atoms with van der Waals surface area (Å²) in [4.78, 5) is 27.2. The fourth-order valence-electron chi connectivity index (χ4n) is 5.29. The second kappa shape index (κ2) is 10.7. The molecule has 3 aliphatic rings. The molecule has 3 saturated heterocycles. The summed E-state index contributed by atoms with van der Waals surface area (Å²) in [5.74, 6) is 1.19. The Labute approximate surface area is 178 Å². The van der Waals surface area contributed by atoms with E-state index in [2.05, 4.69) is 33.4 Å². The zero-order valence-electron chi connectivity index (χ0n) is 17.7. The highest BCUT2D eigenvalue weighted by Crippen LogP contribution is 2.54. The van der Waals surface area contributed by atoms with Crippen molar-refractivity contribution in [2.45, 2.75) is 57.3 Å². The molecule has 7 nitrogen and oxygen atoms in total. The summed E-state index contributed by atoms with van der Waals surface area (Å²) in [7, 11) is 0. The minimum absolute atomic E-state index is 0.0268. The number of fused-ring (bicyclic) bond motifs is 1. The van der Waals surface area contributed by atoms with Crippen molar-refractivity contribution >= 4 is 12.4 Å². The van der Waals surface area contributed by atoms with E-state index in [1.54, 1.807) is 0 Å². The van der Waals surface area contributed by atoms with E-state index in [9.17, 15) is 4.79 Å². The van der Waals surface area contributed by atoms with Crippen LogP contribution in [-0.4, -0.2) is 58.7 Å². The van der Waals surface area contributed by atoms with Gasteiger partial charge in [-0.3, -0.25) is 19.5 Å². The number of nitrogens with one attached hydrogen (secondary N) is 1. The number of allylic oxidation sites excluding steroid dienone is 2. The molecular formula is C23H33N3O4. The summed E-state index contributed by atoms with van der Waals surface area (Å²) in [5, 5.41) is 10.1. The number of amides is 1. The number of carbonyl (C=O) groups is 2. The zero-order chi connectivity index (χ0) is 21.4. The Bertz CT molecular complexity index is 726. The van der Waals surface area contributed by atoms with Gasteiger partial charge in [0.2, 0.25) is 5.91 Å². The van der Waals surface area contributed by atoms with Gasteiger partial charge in [0.05, 0.1) is 11.7 Å². The largest absolute Gasteiger partial charge is 0.483 e. The third-order valence-corrected chi connectivity index (χ3v) is 6.56. The van der Waals surface area contributed by atoms with Crippen molar-refractivity contribution in [2.75, 3.05) is 19.6 Å². The second-order valence-electron chi connectivity index (χ2n) is 8.43. The fraction of sp³-hybridized carbons (Fsp3) is 0.609. The third kappa shape index (κ3) is 5.26. The highest BCUT2D eigenvalue weighted by molar-refractivity contribution is 5.75. The van der Waals surface area contributed by atoms with Gasteiger partial charge in [0.15, 0.2) is 0 Å². The lowest BCUT2D eigenvalue weighted by molar-refractivity contribution is -0.123. The summed E-state index contributed by atoms with van der Waals surface area (Å²) in [6.07, 6.45) is 13.1. The number of carboxylic acid groups (broad SMARTS) is 1. The number of aromatic nitrogens is 1. The summed E-state index contributed by atoms with van der Waals surface area (Å²) in [5.41, 5.74) is 1.33. The average molecular weight is 416 g/mol. The van der Waals surface area contributed by atoms with Crippen molar-refractivity contribution in [2.24, 2.45) is 11.8 Å². The van der Waals surface area contributed by atoms with Gasteiger partial charge in [-0.15, -0.1) is 0 Å². The van der Waals surface area contributed by atoms with Crippen molar-refractivity contribution in [3.8, 4) is 0 Å². The average Bonchev–Trinajstić information content (AvgIpc) is 3.39. The third-order valence-electron chi connectivity index (χ3n) is 6.56. The number of hydrogen-bond acceptors (Lipinski definition) is 5. The van der Waals surface area contributed by atoms with Crippen LogP contribution < -0.4 is 5.32 Å². The van der Waals surface area contributed by atoms with Gasteiger partial charge in [-0.2, -0.15) is 0 Å². The van der Waals surface area contributed by atoms with Crippen LogP contribution in [0.1, 0.15) is 44.6 Å². The molecule has 0 aromatic carbocycles. The number of unbranched alkanes of at least 4 members (excludes halogenated alkanes) is 1. The van der Waals surface area contributed by atoms with E-state index in [0.29, 0.717) is 24.4 Å². The molecule has 4 atom stereocenters. The lowest BCUT2D eigenvalue weighted by Crippen LogP contribution is -2.41. The molecule has 3 aliphatic heterocycles. The van der Waals surface area contributed by atoms with Crippen molar-refractivity contribution < 1.29 is 19.4 Å². The Balaban J connectivity index is 0.000000806. The van der Waals surface area contributed by atoms with Crippen LogP contribution >= 0.6 is 0 Å². The van der Waals surface area contributed by atoms with Gasteiger partial charge in [-0.05, 0) is 50.3 Å². The molecule has 30 heavy (non-hydrogen) atoms. The number of likely N-dealkylation sites (tertiary alicyclic amines) is 1. The molecule has 3 fully saturated rings. The first-order valence-electron chi connectivity index (χ1n) is 10.9. The molecule has 4 rings (SSSR count). The summed E-state index contributed by atoms with van der Waals surface area (Å²) in [6.45, 7) is 5.58. The van der Waals surface area contributed by atoms with E-state index < -0.39 is 0 Å². The van der Waals surface area contributed by atoms with Gasteiger partial charge < -0.3 is 15.2 Å². The Morgan fingerprint density at radius 2 is 2.20 bits per heavy atom. The predicted octanol–water partition coefficient (Wildman–Crippen LogP) is 2.62. The van der Waals surface area contributed by atoms with Crippen LogP contribution in [0.5, 0.6) is 0 Å². The maximum Gasteiger partial charge on any atom is 0.290 e. The molecule has 1 amide bonds. The first kappa shape index (κ1) is 22.4. The minimum atomic E-state index is -0.250. The van der Waals surface area contributed by atoms with Crippen molar-refractivity contribution in [3.05, 3.63) is 42.2 Å². The van der Waals surface area contributed by atoms with Crippen LogP contribution in [0.2, 0.25) is 0 Å². The van der Waals surface area contributed by atoms with Crippen molar-refractivity contribution in [3.63, 3.8) is 0 Å². The molecule has 4 heterocycles. The van der Waals surface area contributed by atoms with Crippen LogP contribution in [0.25, 0.3) is 0 Å². The topological polar surface area (TPSA) is 91.8 Å². The van der Waals surface area contributed by atoms with Crippen molar-refractivity contribution in [1.82, 2.24) is 15.2 Å². The van der Waals surface area contributed by atoms with Gasteiger partial charge in [-0.25, -0.2) is 0 Å². The van der Waals surface area contributed by atoms with Crippen molar-refractivity contribution in [1.29, 1.82) is 0 Å².